The van der Waals surface area contributed by atoms with E-state index in [-0.39, 0.29) is 16.6 Å². The maximum atomic E-state index is 12.2. The number of hydroxylamine groups is 2. The van der Waals surface area contributed by atoms with Crippen molar-refractivity contribution in [2.24, 2.45) is 5.92 Å². The number of carbonyl (C=O) groups excluding carboxylic acids is 2. The Hall–Kier alpha value is -2.40. The van der Waals surface area contributed by atoms with Crippen molar-refractivity contribution in [3.05, 3.63) is 58.9 Å². The Morgan fingerprint density at radius 1 is 1.24 bits per heavy atom. The van der Waals surface area contributed by atoms with Crippen LogP contribution in [0, 0.1) is 5.92 Å². The number of carbonyl (C=O) groups is 2. The molecule has 0 spiro atoms. The van der Waals surface area contributed by atoms with Gasteiger partial charge in [-0.15, -0.1) is 5.06 Å². The van der Waals surface area contributed by atoms with E-state index in [4.69, 9.17) is 4.74 Å². The fourth-order valence-corrected chi connectivity index (χ4v) is 2.29. The summed E-state index contributed by atoms with van der Waals surface area (Å²) >= 11 is 0. The number of amides is 2. The van der Waals surface area contributed by atoms with E-state index in [1.165, 1.54) is 0 Å². The number of rotatable bonds is 8. The summed E-state index contributed by atoms with van der Waals surface area (Å²) in [7, 11) is 0. The molecule has 0 bridgehead atoms. The number of allylic oxidation sites excluding steroid dienone is 4. The quantitative estimate of drug-likeness (QED) is 0.237. The van der Waals surface area contributed by atoms with E-state index in [0.29, 0.717) is 29.9 Å². The molecule has 1 aliphatic rings. The normalized spacial score (nSPS) is 15.6. The molecule has 136 valence electrons. The summed E-state index contributed by atoms with van der Waals surface area (Å²) in [6, 6.07) is 0. The first-order valence-electron chi connectivity index (χ1n) is 8.29. The molecule has 0 aromatic carbocycles. The van der Waals surface area contributed by atoms with Gasteiger partial charge in [0.05, 0.1) is 5.57 Å². The molecule has 2 amide bonds. The Labute approximate surface area is 149 Å². The molecule has 0 aliphatic carbocycles. The van der Waals surface area contributed by atoms with Crippen LogP contribution in [0.1, 0.15) is 41.0 Å². The molecule has 0 atom stereocenters. The first kappa shape index (κ1) is 20.6. The molecule has 1 aliphatic heterocycles. The lowest BCUT2D eigenvalue weighted by Crippen LogP contribution is -2.28. The van der Waals surface area contributed by atoms with E-state index in [0.717, 1.165) is 5.57 Å². The van der Waals surface area contributed by atoms with Gasteiger partial charge in [-0.25, -0.2) is 0 Å². The molecule has 25 heavy (non-hydrogen) atoms. The highest BCUT2D eigenvalue weighted by Crippen LogP contribution is 2.30. The fourth-order valence-electron chi connectivity index (χ4n) is 2.29. The summed E-state index contributed by atoms with van der Waals surface area (Å²) in [5, 5.41) is 9.81. The molecule has 0 unspecified atom stereocenters. The Morgan fingerprint density at radius 2 is 1.88 bits per heavy atom. The van der Waals surface area contributed by atoms with Gasteiger partial charge in [-0.2, -0.15) is 0 Å². The second-order valence-corrected chi connectivity index (χ2v) is 6.52. The molecule has 0 aromatic rings. The Morgan fingerprint density at radius 3 is 2.40 bits per heavy atom. The first-order chi connectivity index (χ1) is 11.7. The van der Waals surface area contributed by atoms with E-state index in [9.17, 15) is 14.8 Å². The van der Waals surface area contributed by atoms with Gasteiger partial charge in [-0.3, -0.25) is 14.8 Å². The van der Waals surface area contributed by atoms with Gasteiger partial charge < -0.3 is 4.74 Å². The second kappa shape index (κ2) is 9.18. The monoisotopic (exact) mass is 345 g/mol. The van der Waals surface area contributed by atoms with E-state index in [1.807, 2.05) is 40.7 Å². The number of nitrogens with zero attached hydrogens (tertiary/aromatic N) is 1. The zero-order valence-corrected chi connectivity index (χ0v) is 15.6. The van der Waals surface area contributed by atoms with Gasteiger partial charge in [0.15, 0.2) is 0 Å². The van der Waals surface area contributed by atoms with Crippen LogP contribution in [-0.2, 0) is 14.3 Å². The van der Waals surface area contributed by atoms with Crippen LogP contribution in [0.5, 0.6) is 0 Å². The van der Waals surface area contributed by atoms with Gasteiger partial charge in [-0.1, -0.05) is 32.1 Å². The van der Waals surface area contributed by atoms with Gasteiger partial charge in [0.25, 0.3) is 11.8 Å². The van der Waals surface area contributed by atoms with Gasteiger partial charge in [0.1, 0.15) is 12.4 Å². The number of ether oxygens (including phenoxy) is 1. The Kier molecular flexibility index (Phi) is 7.58. The maximum absolute atomic E-state index is 12.2. The molecular weight excluding hydrogens is 318 g/mol. The molecule has 0 aromatic heterocycles. The van der Waals surface area contributed by atoms with Crippen LogP contribution in [0.3, 0.4) is 0 Å². The zero-order valence-electron chi connectivity index (χ0n) is 15.6. The Bertz CT molecular complexity index is 674. The summed E-state index contributed by atoms with van der Waals surface area (Å²) in [5.74, 6) is -0.608. The molecule has 1 heterocycles. The largest absolute Gasteiger partial charge is 0.490 e. The van der Waals surface area contributed by atoms with Crippen molar-refractivity contribution in [2.45, 2.75) is 41.0 Å². The highest BCUT2D eigenvalue weighted by atomic mass is 16.5. The lowest BCUT2D eigenvalue weighted by molar-refractivity contribution is -0.170. The van der Waals surface area contributed by atoms with Crippen molar-refractivity contribution in [3.63, 3.8) is 0 Å². The van der Waals surface area contributed by atoms with Crippen LogP contribution in [0.15, 0.2) is 58.9 Å². The third kappa shape index (κ3) is 5.57. The molecule has 0 fully saturated rings. The topological polar surface area (TPSA) is 66.8 Å². The highest BCUT2D eigenvalue weighted by Gasteiger charge is 2.38. The molecule has 5 nitrogen and oxygen atoms in total. The standard InChI is InChI=1S/C20H27NO4/c1-7-16(25-11-10-13(2)3)9-8-15(6)18-17(12-14(4)5)19(22)21(24)20(18)23/h7-10,14,24H,6,11-12H2,1-5H3/b9-8-,16-7+. The number of imide groups is 1. The van der Waals surface area contributed by atoms with Crippen molar-refractivity contribution < 1.29 is 19.5 Å². The molecule has 1 N–H and O–H groups in total. The van der Waals surface area contributed by atoms with Crippen LogP contribution in [-0.4, -0.2) is 28.7 Å². The van der Waals surface area contributed by atoms with Crippen molar-refractivity contribution in [1.82, 2.24) is 5.06 Å². The van der Waals surface area contributed by atoms with E-state index < -0.39 is 11.8 Å². The minimum atomic E-state index is -0.734. The molecular formula is C20H27NO4. The predicted molar refractivity (Wildman–Crippen MR) is 97.5 cm³/mol. The first-order valence-corrected chi connectivity index (χ1v) is 8.29. The van der Waals surface area contributed by atoms with Gasteiger partial charge in [-0.05, 0) is 56.9 Å². The minimum Gasteiger partial charge on any atom is -0.490 e. The van der Waals surface area contributed by atoms with E-state index >= 15 is 0 Å². The number of hydrogen-bond donors (Lipinski definition) is 1. The smallest absolute Gasteiger partial charge is 0.285 e. The highest BCUT2D eigenvalue weighted by molar-refractivity contribution is 6.20. The van der Waals surface area contributed by atoms with Crippen molar-refractivity contribution in [1.29, 1.82) is 0 Å². The SMILES string of the molecule is C=C(/C=C\C(=C/C)OCC=C(C)C)C1=C(CC(C)C)C(=O)N(O)C1=O. The van der Waals surface area contributed by atoms with E-state index in [2.05, 4.69) is 6.58 Å². The lowest BCUT2D eigenvalue weighted by atomic mass is 9.95. The molecule has 0 saturated heterocycles. The van der Waals surface area contributed by atoms with Crippen LogP contribution < -0.4 is 0 Å². The van der Waals surface area contributed by atoms with Crippen LogP contribution in [0.25, 0.3) is 0 Å². The summed E-state index contributed by atoms with van der Waals surface area (Å²) < 4.78 is 5.60. The predicted octanol–water partition coefficient (Wildman–Crippen LogP) is 4.09. The summed E-state index contributed by atoms with van der Waals surface area (Å²) in [6.07, 6.45) is 7.47. The zero-order chi connectivity index (χ0) is 19.1. The van der Waals surface area contributed by atoms with Gasteiger partial charge in [0.2, 0.25) is 0 Å². The van der Waals surface area contributed by atoms with Crippen LogP contribution in [0.2, 0.25) is 0 Å². The average molecular weight is 345 g/mol. The second-order valence-electron chi connectivity index (χ2n) is 6.52. The average Bonchev–Trinajstić information content (AvgIpc) is 2.74. The summed E-state index contributed by atoms with van der Waals surface area (Å²) in [4.78, 5) is 24.2. The van der Waals surface area contributed by atoms with Crippen LogP contribution >= 0.6 is 0 Å². The number of hydrogen-bond acceptors (Lipinski definition) is 4. The molecule has 1 rings (SSSR count). The Balaban J connectivity index is 2.99. The molecule has 5 heteroatoms. The van der Waals surface area contributed by atoms with Gasteiger partial charge in [0, 0.05) is 5.57 Å². The summed E-state index contributed by atoms with van der Waals surface area (Å²) in [5.41, 5.74) is 1.99. The fraction of sp³-hybridized carbons (Fsp3) is 0.400. The molecule has 0 saturated carbocycles. The lowest BCUT2D eigenvalue weighted by Gasteiger charge is -2.07. The third-order valence-electron chi connectivity index (χ3n) is 3.57. The van der Waals surface area contributed by atoms with Crippen molar-refractivity contribution in [3.8, 4) is 0 Å². The maximum Gasteiger partial charge on any atom is 0.285 e. The van der Waals surface area contributed by atoms with Gasteiger partial charge >= 0.3 is 0 Å². The van der Waals surface area contributed by atoms with Crippen molar-refractivity contribution in [2.75, 3.05) is 6.61 Å². The summed E-state index contributed by atoms with van der Waals surface area (Å²) in [6.45, 7) is 14.0. The van der Waals surface area contributed by atoms with Crippen LogP contribution in [0.4, 0.5) is 0 Å². The van der Waals surface area contributed by atoms with Crippen molar-refractivity contribution >= 4 is 11.8 Å². The molecule has 0 radical (unpaired) electrons. The third-order valence-corrected chi connectivity index (χ3v) is 3.57. The van der Waals surface area contributed by atoms with E-state index in [1.54, 1.807) is 18.2 Å². The minimum absolute atomic E-state index is 0.161.